The van der Waals surface area contributed by atoms with Gasteiger partial charge in [0.2, 0.25) is 0 Å². The Morgan fingerprint density at radius 3 is 1.21 bits per heavy atom. The minimum Gasteiger partial charge on any atom is -0.663 e. The van der Waals surface area contributed by atoms with E-state index >= 15 is 0 Å². The van der Waals surface area contributed by atoms with Crippen LogP contribution < -0.4 is 5.10 Å². The average molecular weight is 373 g/mol. The van der Waals surface area contributed by atoms with Crippen LogP contribution in [-0.2, 0) is 21.7 Å². The van der Waals surface area contributed by atoms with E-state index in [1.54, 1.807) is 6.20 Å². The minimum atomic E-state index is 0. The van der Waals surface area contributed by atoms with Crippen molar-refractivity contribution in [3.8, 4) is 0 Å². The molecular formula is C18H39N5Ti. The van der Waals surface area contributed by atoms with Crippen LogP contribution in [0.5, 0.6) is 0 Å². The van der Waals surface area contributed by atoms with E-state index in [-0.39, 0.29) is 21.7 Å². The second-order valence-electron chi connectivity index (χ2n) is 4.68. The second kappa shape index (κ2) is 30.7. The molecule has 1 aromatic heterocycles. The number of hydrogen-bond donors (Lipinski definition) is 0. The molecule has 0 saturated heterocycles. The van der Waals surface area contributed by atoms with E-state index in [2.05, 4.69) is 40.0 Å². The van der Waals surface area contributed by atoms with Gasteiger partial charge in [-0.2, -0.15) is 45.5 Å². The third-order valence-corrected chi connectivity index (χ3v) is 2.42. The van der Waals surface area contributed by atoms with Crippen LogP contribution in [0.15, 0.2) is 12.3 Å². The summed E-state index contributed by atoms with van der Waals surface area (Å²) in [6.45, 7) is 22.3. The fraction of sp³-hybridized carbons (Fsp3) is 0.833. The van der Waals surface area contributed by atoms with Crippen molar-refractivity contribution in [1.82, 2.24) is 10.2 Å². The maximum atomic E-state index is 3.97. The molecule has 1 aromatic rings. The average Bonchev–Trinajstić information content (AvgIpc) is 3.06. The van der Waals surface area contributed by atoms with Gasteiger partial charge in [0.05, 0.1) is 0 Å². The molecule has 0 spiro atoms. The normalized spacial score (nSPS) is 8.71. The summed E-state index contributed by atoms with van der Waals surface area (Å²) in [5, 5.41) is 19.5. The van der Waals surface area contributed by atoms with Crippen molar-refractivity contribution in [3.05, 3.63) is 33.9 Å². The van der Waals surface area contributed by atoms with Crippen LogP contribution in [0.2, 0.25) is 0 Å². The van der Waals surface area contributed by atoms with E-state index in [1.165, 1.54) is 0 Å². The molecule has 0 saturated carbocycles. The summed E-state index contributed by atoms with van der Waals surface area (Å²) in [4.78, 5) is 0. The zero-order valence-electron chi connectivity index (χ0n) is 17.2. The summed E-state index contributed by atoms with van der Waals surface area (Å²) in [6.07, 6.45) is 1.72. The SMILES string of the molecule is CC(C)c1cc[n-]n1.CC[N-]CC.CC[N-]CC.CC[N-]CC.[Ti+4]. The number of hydrogen-bond acceptors (Lipinski definition) is 1. The first-order valence-electron chi connectivity index (χ1n) is 8.89. The molecule has 0 fully saturated rings. The van der Waals surface area contributed by atoms with Crippen molar-refractivity contribution in [2.24, 2.45) is 0 Å². The Balaban J connectivity index is -0.000000113. The van der Waals surface area contributed by atoms with Gasteiger partial charge in [0.25, 0.3) is 0 Å². The molecule has 0 unspecified atom stereocenters. The predicted molar refractivity (Wildman–Crippen MR) is 105 cm³/mol. The standard InChI is InChI=1S/C6H9N2.3C4H10N.Ti/c1-5(2)6-3-4-7-8-6;3*1-3-5-4-2;/h3-5H,1-2H3;3*3-4H2,1-2H3;/q4*-1;+4. The summed E-state index contributed by atoms with van der Waals surface area (Å²) in [5.74, 6) is 0.512. The van der Waals surface area contributed by atoms with Crippen LogP contribution >= 0.6 is 0 Å². The Bertz CT molecular complexity index is 246. The molecule has 0 aliphatic carbocycles. The van der Waals surface area contributed by atoms with Crippen LogP contribution in [0.4, 0.5) is 0 Å². The van der Waals surface area contributed by atoms with Gasteiger partial charge >= 0.3 is 21.7 Å². The number of rotatable bonds is 7. The first kappa shape index (κ1) is 31.6. The van der Waals surface area contributed by atoms with E-state index in [0.29, 0.717) is 5.92 Å². The molecule has 0 aromatic carbocycles. The van der Waals surface area contributed by atoms with Gasteiger partial charge in [-0.25, -0.2) is 0 Å². The van der Waals surface area contributed by atoms with Gasteiger partial charge in [-0.3, -0.25) is 0 Å². The monoisotopic (exact) mass is 373 g/mol. The van der Waals surface area contributed by atoms with Crippen molar-refractivity contribution in [1.29, 1.82) is 0 Å². The second-order valence-corrected chi connectivity index (χ2v) is 4.68. The van der Waals surface area contributed by atoms with Gasteiger partial charge in [0.1, 0.15) is 0 Å². The molecule has 5 nitrogen and oxygen atoms in total. The zero-order chi connectivity index (χ0) is 18.3. The topological polar surface area (TPSA) is 69.3 Å². The predicted octanol–water partition coefficient (Wildman–Crippen LogP) is 5.36. The maximum Gasteiger partial charge on any atom is 4.00 e. The quantitative estimate of drug-likeness (QED) is 0.604. The van der Waals surface area contributed by atoms with Gasteiger partial charge in [-0.05, 0) is 5.92 Å². The Labute approximate surface area is 166 Å². The fourth-order valence-corrected chi connectivity index (χ4v) is 1.22. The van der Waals surface area contributed by atoms with E-state index < -0.39 is 0 Å². The molecule has 0 radical (unpaired) electrons. The number of aromatic nitrogens is 2. The molecule has 0 aliphatic rings. The molecule has 1 rings (SSSR count). The van der Waals surface area contributed by atoms with Gasteiger partial charge < -0.3 is 26.1 Å². The molecule has 0 aliphatic heterocycles. The van der Waals surface area contributed by atoms with Gasteiger partial charge in [-0.15, -0.1) is 0 Å². The van der Waals surface area contributed by atoms with Crippen LogP contribution in [0.3, 0.4) is 0 Å². The van der Waals surface area contributed by atoms with E-state index in [0.717, 1.165) is 45.0 Å². The maximum absolute atomic E-state index is 3.97. The van der Waals surface area contributed by atoms with Crippen LogP contribution in [-0.4, -0.2) is 44.4 Å². The van der Waals surface area contributed by atoms with Gasteiger partial charge in [0.15, 0.2) is 0 Å². The Morgan fingerprint density at radius 2 is 1.12 bits per heavy atom. The molecule has 6 heteroatoms. The third-order valence-electron chi connectivity index (χ3n) is 2.42. The summed E-state index contributed by atoms with van der Waals surface area (Å²) in [5.41, 5.74) is 1.07. The molecule has 0 bridgehead atoms. The molecule has 0 amide bonds. The van der Waals surface area contributed by atoms with E-state index in [1.807, 2.05) is 47.6 Å². The summed E-state index contributed by atoms with van der Waals surface area (Å²) in [7, 11) is 0. The summed E-state index contributed by atoms with van der Waals surface area (Å²) < 4.78 is 0. The Kier molecular flexibility index (Phi) is 40.3. The molecule has 140 valence electrons. The third kappa shape index (κ3) is 33.4. The number of nitrogens with zero attached hydrogens (tertiary/aromatic N) is 5. The fourth-order valence-electron chi connectivity index (χ4n) is 1.22. The molecule has 0 atom stereocenters. The molecule has 24 heavy (non-hydrogen) atoms. The Morgan fingerprint density at radius 1 is 0.792 bits per heavy atom. The minimum absolute atomic E-state index is 0. The van der Waals surface area contributed by atoms with Gasteiger partial charge in [0, 0.05) is 5.69 Å². The smallest absolute Gasteiger partial charge is 0.663 e. The van der Waals surface area contributed by atoms with E-state index in [4.69, 9.17) is 0 Å². The van der Waals surface area contributed by atoms with Crippen LogP contribution in [0.1, 0.15) is 67.0 Å². The largest absolute Gasteiger partial charge is 4.00 e. The van der Waals surface area contributed by atoms with Crippen molar-refractivity contribution in [2.45, 2.75) is 61.3 Å². The van der Waals surface area contributed by atoms with Crippen molar-refractivity contribution < 1.29 is 21.7 Å². The van der Waals surface area contributed by atoms with Crippen LogP contribution in [0.25, 0.3) is 16.0 Å². The summed E-state index contributed by atoms with van der Waals surface area (Å²) in [6, 6.07) is 1.94. The van der Waals surface area contributed by atoms with Gasteiger partial charge in [-0.1, -0.05) is 61.5 Å². The molecular weight excluding hydrogens is 334 g/mol. The first-order valence-corrected chi connectivity index (χ1v) is 8.89. The van der Waals surface area contributed by atoms with Crippen molar-refractivity contribution in [3.63, 3.8) is 0 Å². The van der Waals surface area contributed by atoms with E-state index in [9.17, 15) is 0 Å². The molecule has 1 heterocycles. The zero-order valence-corrected chi connectivity index (χ0v) is 18.8. The Hall–Kier alpha value is -0.196. The first-order chi connectivity index (χ1) is 11.0. The van der Waals surface area contributed by atoms with Crippen LogP contribution in [0, 0.1) is 0 Å². The van der Waals surface area contributed by atoms with Crippen molar-refractivity contribution in [2.75, 3.05) is 39.3 Å². The molecule has 0 N–H and O–H groups in total. The summed E-state index contributed by atoms with van der Waals surface area (Å²) >= 11 is 0. The van der Waals surface area contributed by atoms with Crippen molar-refractivity contribution >= 4 is 0 Å².